The molecular weight excluding hydrogens is 152 g/mol. The Hall–Kier alpha value is -0.570. The van der Waals surface area contributed by atoms with Crippen LogP contribution in [-0.4, -0.2) is 29.9 Å². The number of hydrogen-bond acceptors (Lipinski definition) is 2. The van der Waals surface area contributed by atoms with Crippen molar-refractivity contribution in [2.45, 2.75) is 32.7 Å². The number of rotatable bonds is 2. The summed E-state index contributed by atoms with van der Waals surface area (Å²) in [6.45, 7) is 5.52. The van der Waals surface area contributed by atoms with Crippen molar-refractivity contribution < 1.29 is 4.79 Å². The largest absolute Gasteiger partial charge is 0.340 e. The third-order valence-corrected chi connectivity index (χ3v) is 2.49. The fraction of sp³-hybridized carbons (Fsp3) is 0.889. The second-order valence-electron chi connectivity index (χ2n) is 3.70. The molecule has 1 heterocycles. The maximum Gasteiger partial charge on any atom is 0.227 e. The van der Waals surface area contributed by atoms with Gasteiger partial charge in [0.2, 0.25) is 5.91 Å². The van der Waals surface area contributed by atoms with Crippen molar-refractivity contribution in [3.8, 4) is 0 Å². The summed E-state index contributed by atoms with van der Waals surface area (Å²) >= 11 is 0. The van der Waals surface area contributed by atoms with Gasteiger partial charge in [0, 0.05) is 19.1 Å². The van der Waals surface area contributed by atoms with Gasteiger partial charge in [-0.25, -0.2) is 0 Å². The van der Waals surface area contributed by atoms with Crippen LogP contribution < -0.4 is 5.73 Å². The Morgan fingerprint density at radius 1 is 1.67 bits per heavy atom. The minimum absolute atomic E-state index is 0.0844. The molecular formula is C9H18N2O. The molecule has 1 saturated heterocycles. The van der Waals surface area contributed by atoms with Crippen LogP contribution in [0.25, 0.3) is 0 Å². The van der Waals surface area contributed by atoms with Gasteiger partial charge in [-0.15, -0.1) is 0 Å². The van der Waals surface area contributed by atoms with Crippen LogP contribution in [0, 0.1) is 5.92 Å². The van der Waals surface area contributed by atoms with Crippen LogP contribution in [0.3, 0.4) is 0 Å². The van der Waals surface area contributed by atoms with Crippen LogP contribution in [0.15, 0.2) is 0 Å². The lowest BCUT2D eigenvalue weighted by Gasteiger charge is -2.34. The predicted octanol–water partition coefficient (Wildman–Crippen LogP) is 0.592. The molecule has 0 aromatic rings. The zero-order chi connectivity index (χ0) is 9.14. The third kappa shape index (κ3) is 1.78. The molecule has 0 radical (unpaired) electrons. The topological polar surface area (TPSA) is 46.3 Å². The van der Waals surface area contributed by atoms with Gasteiger partial charge in [0.05, 0.1) is 5.92 Å². The van der Waals surface area contributed by atoms with Crippen molar-refractivity contribution in [3.05, 3.63) is 0 Å². The molecule has 3 heteroatoms. The lowest BCUT2D eigenvalue weighted by Crippen LogP contribution is -2.47. The third-order valence-electron chi connectivity index (χ3n) is 2.49. The molecule has 1 unspecified atom stereocenters. The molecule has 1 fully saturated rings. The van der Waals surface area contributed by atoms with Crippen LogP contribution in [-0.2, 0) is 4.79 Å². The van der Waals surface area contributed by atoms with Gasteiger partial charge >= 0.3 is 0 Å². The summed E-state index contributed by atoms with van der Waals surface area (Å²) in [5, 5.41) is 0. The lowest BCUT2D eigenvalue weighted by atomic mass is 9.96. The Morgan fingerprint density at radius 3 is 2.83 bits per heavy atom. The number of nitrogens with zero attached hydrogens (tertiary/aromatic N) is 1. The van der Waals surface area contributed by atoms with E-state index >= 15 is 0 Å². The average molecular weight is 170 g/mol. The molecule has 1 atom stereocenters. The van der Waals surface area contributed by atoms with Crippen molar-refractivity contribution in [1.82, 2.24) is 4.90 Å². The van der Waals surface area contributed by atoms with E-state index < -0.39 is 0 Å². The van der Waals surface area contributed by atoms with E-state index in [-0.39, 0.29) is 11.8 Å². The minimum atomic E-state index is 0.0844. The summed E-state index contributed by atoms with van der Waals surface area (Å²) in [6, 6.07) is 0.326. The van der Waals surface area contributed by atoms with Gasteiger partial charge in [-0.05, 0) is 26.7 Å². The van der Waals surface area contributed by atoms with E-state index in [4.69, 9.17) is 5.73 Å². The molecule has 3 nitrogen and oxygen atoms in total. The van der Waals surface area contributed by atoms with E-state index in [1.807, 2.05) is 4.90 Å². The number of carbonyl (C=O) groups excluding carboxylic acids is 1. The molecule has 2 N–H and O–H groups in total. The number of hydrogen-bond donors (Lipinski definition) is 1. The molecule has 0 bridgehead atoms. The van der Waals surface area contributed by atoms with Gasteiger partial charge < -0.3 is 10.6 Å². The van der Waals surface area contributed by atoms with Crippen LogP contribution in [0.2, 0.25) is 0 Å². The van der Waals surface area contributed by atoms with Gasteiger partial charge in [0.25, 0.3) is 0 Å². The van der Waals surface area contributed by atoms with Gasteiger partial charge in [0.15, 0.2) is 0 Å². The summed E-state index contributed by atoms with van der Waals surface area (Å²) in [7, 11) is 0. The van der Waals surface area contributed by atoms with Crippen molar-refractivity contribution in [3.63, 3.8) is 0 Å². The van der Waals surface area contributed by atoms with E-state index in [0.717, 1.165) is 19.4 Å². The monoisotopic (exact) mass is 170 g/mol. The Labute approximate surface area is 73.9 Å². The molecule has 0 aliphatic carbocycles. The first-order valence-corrected chi connectivity index (χ1v) is 4.67. The van der Waals surface area contributed by atoms with Crippen molar-refractivity contribution in [2.75, 3.05) is 13.1 Å². The van der Waals surface area contributed by atoms with Crippen molar-refractivity contribution in [2.24, 2.45) is 11.7 Å². The van der Waals surface area contributed by atoms with E-state index in [1.54, 1.807) is 0 Å². The first-order valence-electron chi connectivity index (χ1n) is 4.67. The van der Waals surface area contributed by atoms with E-state index in [1.165, 1.54) is 0 Å². The molecule has 0 spiro atoms. The molecule has 70 valence electrons. The van der Waals surface area contributed by atoms with Crippen LogP contribution in [0.4, 0.5) is 0 Å². The summed E-state index contributed by atoms with van der Waals surface area (Å²) in [5.41, 5.74) is 5.51. The zero-order valence-electron chi connectivity index (χ0n) is 7.92. The maximum atomic E-state index is 11.6. The number of carbonyl (C=O) groups is 1. The highest BCUT2D eigenvalue weighted by atomic mass is 16.2. The highest BCUT2D eigenvalue weighted by Gasteiger charge is 2.28. The second kappa shape index (κ2) is 3.90. The molecule has 1 aliphatic heterocycles. The first-order chi connectivity index (χ1) is 5.66. The predicted molar refractivity (Wildman–Crippen MR) is 48.6 cm³/mol. The van der Waals surface area contributed by atoms with Crippen molar-refractivity contribution in [1.29, 1.82) is 0 Å². The molecule has 12 heavy (non-hydrogen) atoms. The molecule has 0 aromatic carbocycles. The van der Waals surface area contributed by atoms with E-state index in [2.05, 4.69) is 13.8 Å². The number of piperidine rings is 1. The quantitative estimate of drug-likeness (QED) is 0.659. The normalized spacial score (nSPS) is 25.2. The average Bonchev–Trinajstić information content (AvgIpc) is 2.04. The SMILES string of the molecule is CC(C)N1CCCC(CN)C1=O. The summed E-state index contributed by atoms with van der Waals surface area (Å²) < 4.78 is 0. The van der Waals surface area contributed by atoms with E-state index in [9.17, 15) is 4.79 Å². The van der Waals surface area contributed by atoms with E-state index in [0.29, 0.717) is 12.6 Å². The van der Waals surface area contributed by atoms with Gasteiger partial charge in [-0.2, -0.15) is 0 Å². The molecule has 0 saturated carbocycles. The van der Waals surface area contributed by atoms with Crippen LogP contribution >= 0.6 is 0 Å². The first kappa shape index (κ1) is 9.52. The lowest BCUT2D eigenvalue weighted by molar-refractivity contribution is -0.139. The number of likely N-dealkylation sites (tertiary alicyclic amines) is 1. The smallest absolute Gasteiger partial charge is 0.227 e. The summed E-state index contributed by atoms with van der Waals surface area (Å²) in [6.07, 6.45) is 2.07. The van der Waals surface area contributed by atoms with Crippen LogP contribution in [0.1, 0.15) is 26.7 Å². The van der Waals surface area contributed by atoms with Gasteiger partial charge in [0.1, 0.15) is 0 Å². The Kier molecular flexibility index (Phi) is 3.09. The second-order valence-corrected chi connectivity index (χ2v) is 3.70. The fourth-order valence-corrected chi connectivity index (χ4v) is 1.71. The highest BCUT2D eigenvalue weighted by Crippen LogP contribution is 2.18. The van der Waals surface area contributed by atoms with Crippen LogP contribution in [0.5, 0.6) is 0 Å². The zero-order valence-corrected chi connectivity index (χ0v) is 7.92. The van der Waals surface area contributed by atoms with Crippen molar-refractivity contribution >= 4 is 5.91 Å². The molecule has 1 amide bonds. The highest BCUT2D eigenvalue weighted by molar-refractivity contribution is 5.80. The summed E-state index contributed by atoms with van der Waals surface area (Å²) in [5.74, 6) is 0.333. The van der Waals surface area contributed by atoms with Gasteiger partial charge in [-0.3, -0.25) is 4.79 Å². The number of amides is 1. The molecule has 0 aromatic heterocycles. The standard InChI is InChI=1S/C9H18N2O/c1-7(2)11-5-3-4-8(6-10)9(11)12/h7-8H,3-6,10H2,1-2H3. The Bertz CT molecular complexity index is 168. The molecule has 1 aliphatic rings. The fourth-order valence-electron chi connectivity index (χ4n) is 1.71. The Balaban J connectivity index is 2.59. The maximum absolute atomic E-state index is 11.6. The minimum Gasteiger partial charge on any atom is -0.340 e. The number of nitrogens with two attached hydrogens (primary N) is 1. The van der Waals surface area contributed by atoms with Gasteiger partial charge in [-0.1, -0.05) is 0 Å². The molecule has 1 rings (SSSR count). The summed E-state index contributed by atoms with van der Waals surface area (Å²) in [4.78, 5) is 13.6. The Morgan fingerprint density at radius 2 is 2.33 bits per heavy atom.